The monoisotopic (exact) mass is 266 g/mol. The van der Waals surface area contributed by atoms with Gasteiger partial charge in [0.25, 0.3) is 0 Å². The maximum atomic E-state index is 9.31. The first kappa shape index (κ1) is 13.9. The van der Waals surface area contributed by atoms with Crippen LogP contribution in [0.25, 0.3) is 0 Å². The molecule has 0 amide bonds. The first-order valence-electron chi connectivity index (χ1n) is 6.60. The summed E-state index contributed by atoms with van der Waals surface area (Å²) in [6, 6.07) is 11.9. The van der Waals surface area contributed by atoms with Gasteiger partial charge in [0.1, 0.15) is 11.9 Å². The van der Waals surface area contributed by atoms with Gasteiger partial charge in [-0.05, 0) is 43.2 Å². The Morgan fingerprint density at radius 2 is 1.95 bits per heavy atom. The predicted octanol–water partition coefficient (Wildman–Crippen LogP) is 2.87. The van der Waals surface area contributed by atoms with E-state index in [0.29, 0.717) is 12.1 Å². The van der Waals surface area contributed by atoms with Gasteiger partial charge in [0.05, 0.1) is 5.56 Å². The van der Waals surface area contributed by atoms with Gasteiger partial charge in [0.2, 0.25) is 0 Å². The summed E-state index contributed by atoms with van der Waals surface area (Å²) in [5.41, 5.74) is 9.19. The predicted molar refractivity (Wildman–Crippen MR) is 81.3 cm³/mol. The molecule has 0 atom stereocenters. The Hall–Kier alpha value is -2.54. The summed E-state index contributed by atoms with van der Waals surface area (Å²) in [5.74, 6) is 0.742. The van der Waals surface area contributed by atoms with Crippen LogP contribution in [0.3, 0.4) is 0 Å². The van der Waals surface area contributed by atoms with Gasteiger partial charge < -0.3 is 10.6 Å². The molecule has 102 valence electrons. The zero-order chi connectivity index (χ0) is 14.5. The molecule has 0 aliphatic heterocycles. The van der Waals surface area contributed by atoms with Crippen LogP contribution in [0, 0.1) is 18.3 Å². The van der Waals surface area contributed by atoms with Gasteiger partial charge in [-0.3, -0.25) is 0 Å². The maximum Gasteiger partial charge on any atom is 0.147 e. The number of anilines is 2. The lowest BCUT2D eigenvalue weighted by atomic mass is 10.1. The molecule has 1 heterocycles. The molecule has 20 heavy (non-hydrogen) atoms. The first-order valence-corrected chi connectivity index (χ1v) is 6.60. The number of nitriles is 1. The zero-order valence-electron chi connectivity index (χ0n) is 11.8. The van der Waals surface area contributed by atoms with Crippen LogP contribution in [0.2, 0.25) is 0 Å². The minimum Gasteiger partial charge on any atom is -0.399 e. The molecule has 0 aliphatic rings. The van der Waals surface area contributed by atoms with Crippen LogP contribution in [0.4, 0.5) is 11.5 Å². The fraction of sp³-hybridized carbons (Fsp3) is 0.250. The van der Waals surface area contributed by atoms with E-state index in [2.05, 4.69) is 22.9 Å². The first-order chi connectivity index (χ1) is 9.65. The van der Waals surface area contributed by atoms with E-state index in [9.17, 15) is 5.26 Å². The normalized spacial score (nSPS) is 10.1. The maximum absolute atomic E-state index is 9.31. The molecule has 2 aromatic rings. The fourth-order valence-corrected chi connectivity index (χ4v) is 2.10. The third kappa shape index (κ3) is 2.89. The molecule has 0 aliphatic carbocycles. The number of aryl methyl sites for hydroxylation is 1. The van der Waals surface area contributed by atoms with Gasteiger partial charge in [0.15, 0.2) is 0 Å². The number of nitrogens with zero attached hydrogens (tertiary/aromatic N) is 3. The lowest BCUT2D eigenvalue weighted by Crippen LogP contribution is -2.24. The molecule has 0 saturated heterocycles. The molecule has 2 rings (SSSR count). The topological polar surface area (TPSA) is 65.9 Å². The summed E-state index contributed by atoms with van der Waals surface area (Å²) in [7, 11) is 0. The van der Waals surface area contributed by atoms with Gasteiger partial charge in [-0.25, -0.2) is 4.98 Å². The minimum absolute atomic E-state index is 0.643. The highest BCUT2D eigenvalue weighted by Gasteiger charge is 2.13. The van der Waals surface area contributed by atoms with Crippen molar-refractivity contribution in [2.45, 2.75) is 20.4 Å². The Kier molecular flexibility index (Phi) is 4.21. The summed E-state index contributed by atoms with van der Waals surface area (Å²) >= 11 is 0. The van der Waals surface area contributed by atoms with Crippen LogP contribution in [-0.4, -0.2) is 11.5 Å². The second-order valence-electron chi connectivity index (χ2n) is 4.69. The molecule has 0 spiro atoms. The van der Waals surface area contributed by atoms with Crippen molar-refractivity contribution >= 4 is 11.5 Å². The van der Waals surface area contributed by atoms with Crippen LogP contribution in [0.5, 0.6) is 0 Å². The fourth-order valence-electron chi connectivity index (χ4n) is 2.10. The highest BCUT2D eigenvalue weighted by Crippen LogP contribution is 2.22. The highest BCUT2D eigenvalue weighted by molar-refractivity contribution is 5.57. The van der Waals surface area contributed by atoms with E-state index < -0.39 is 0 Å². The SMILES string of the molecule is CCN(Cc1ccc(N)cc1)c1nccc(C)c1C#N. The highest BCUT2D eigenvalue weighted by atomic mass is 15.2. The number of rotatable bonds is 4. The number of pyridine rings is 1. The van der Waals surface area contributed by atoms with Crippen molar-refractivity contribution in [2.24, 2.45) is 0 Å². The summed E-state index contributed by atoms with van der Waals surface area (Å²) in [6.07, 6.45) is 1.75. The smallest absolute Gasteiger partial charge is 0.147 e. The molecular formula is C16H18N4. The number of aromatic nitrogens is 1. The number of benzene rings is 1. The van der Waals surface area contributed by atoms with Crippen molar-refractivity contribution in [2.75, 3.05) is 17.2 Å². The molecule has 0 saturated carbocycles. The zero-order valence-corrected chi connectivity index (χ0v) is 11.8. The van der Waals surface area contributed by atoms with Crippen LogP contribution in [-0.2, 0) is 6.54 Å². The average Bonchev–Trinajstić information content (AvgIpc) is 2.46. The molecule has 0 unspecified atom stereocenters. The molecule has 1 aromatic carbocycles. The Morgan fingerprint density at radius 1 is 1.25 bits per heavy atom. The molecule has 4 heteroatoms. The van der Waals surface area contributed by atoms with E-state index in [1.54, 1.807) is 6.20 Å². The number of hydrogen-bond donors (Lipinski definition) is 1. The van der Waals surface area contributed by atoms with Crippen molar-refractivity contribution in [3.05, 3.63) is 53.2 Å². The summed E-state index contributed by atoms with van der Waals surface area (Å²) in [6.45, 7) is 5.49. The second kappa shape index (κ2) is 6.07. The van der Waals surface area contributed by atoms with Crippen LogP contribution in [0.1, 0.15) is 23.6 Å². The molecule has 2 N–H and O–H groups in total. The van der Waals surface area contributed by atoms with E-state index in [-0.39, 0.29) is 0 Å². The Balaban J connectivity index is 2.31. The van der Waals surface area contributed by atoms with Crippen molar-refractivity contribution in [3.63, 3.8) is 0 Å². The molecular weight excluding hydrogens is 248 g/mol. The van der Waals surface area contributed by atoms with Crippen LogP contribution in [0.15, 0.2) is 36.5 Å². The van der Waals surface area contributed by atoms with E-state index in [1.807, 2.05) is 37.3 Å². The van der Waals surface area contributed by atoms with Crippen LogP contribution >= 0.6 is 0 Å². The average molecular weight is 266 g/mol. The number of hydrogen-bond acceptors (Lipinski definition) is 4. The Morgan fingerprint density at radius 3 is 2.55 bits per heavy atom. The largest absolute Gasteiger partial charge is 0.399 e. The van der Waals surface area contributed by atoms with E-state index in [0.717, 1.165) is 29.2 Å². The summed E-state index contributed by atoms with van der Waals surface area (Å²) < 4.78 is 0. The van der Waals surface area contributed by atoms with Crippen molar-refractivity contribution < 1.29 is 0 Å². The van der Waals surface area contributed by atoms with E-state index in [1.165, 1.54) is 0 Å². The molecule has 1 aromatic heterocycles. The van der Waals surface area contributed by atoms with Crippen molar-refractivity contribution in [1.29, 1.82) is 5.26 Å². The molecule has 4 nitrogen and oxygen atoms in total. The van der Waals surface area contributed by atoms with E-state index in [4.69, 9.17) is 5.73 Å². The quantitative estimate of drug-likeness (QED) is 0.864. The summed E-state index contributed by atoms with van der Waals surface area (Å²) in [4.78, 5) is 6.47. The van der Waals surface area contributed by atoms with Gasteiger partial charge in [-0.15, -0.1) is 0 Å². The number of nitrogens with two attached hydrogens (primary N) is 1. The van der Waals surface area contributed by atoms with Gasteiger partial charge >= 0.3 is 0 Å². The van der Waals surface area contributed by atoms with E-state index >= 15 is 0 Å². The van der Waals surface area contributed by atoms with Gasteiger partial charge in [-0.2, -0.15) is 5.26 Å². The lowest BCUT2D eigenvalue weighted by molar-refractivity contribution is 0.811. The molecule has 0 fully saturated rings. The third-order valence-corrected chi connectivity index (χ3v) is 3.29. The lowest BCUT2D eigenvalue weighted by Gasteiger charge is -2.23. The number of nitrogen functional groups attached to an aromatic ring is 1. The minimum atomic E-state index is 0.643. The van der Waals surface area contributed by atoms with Gasteiger partial charge in [-0.1, -0.05) is 12.1 Å². The third-order valence-electron chi connectivity index (χ3n) is 3.29. The Labute approximate surface area is 119 Å². The summed E-state index contributed by atoms with van der Waals surface area (Å²) in [5, 5.41) is 9.31. The Bertz CT molecular complexity index is 626. The van der Waals surface area contributed by atoms with Crippen molar-refractivity contribution in [3.8, 4) is 6.07 Å². The standard InChI is InChI=1S/C16H18N4/c1-3-20(11-13-4-6-14(18)7-5-13)16-15(10-17)12(2)8-9-19-16/h4-9H,3,11,18H2,1-2H3. The molecule has 0 radical (unpaired) electrons. The van der Waals surface area contributed by atoms with Gasteiger partial charge in [0, 0.05) is 25.0 Å². The molecule has 0 bridgehead atoms. The van der Waals surface area contributed by atoms with Crippen molar-refractivity contribution in [1.82, 2.24) is 4.98 Å². The second-order valence-corrected chi connectivity index (χ2v) is 4.69. The van der Waals surface area contributed by atoms with Crippen LogP contribution < -0.4 is 10.6 Å².